The molecule has 1 aliphatic rings. The second-order valence-corrected chi connectivity index (χ2v) is 8.17. The number of fused-ring (bicyclic) bond motifs is 2. The number of aliphatic hydroxyl groups is 1. The lowest BCUT2D eigenvalue weighted by Gasteiger charge is -2.37. The first kappa shape index (κ1) is 22.2. The van der Waals surface area contributed by atoms with Crippen molar-refractivity contribution in [1.82, 2.24) is 15.0 Å². The molecule has 0 radical (unpaired) electrons. The van der Waals surface area contributed by atoms with E-state index in [2.05, 4.69) is 21.5 Å². The van der Waals surface area contributed by atoms with E-state index < -0.39 is 11.7 Å². The second-order valence-electron chi connectivity index (χ2n) is 7.76. The van der Waals surface area contributed by atoms with Crippen molar-refractivity contribution in [3.05, 3.63) is 71.4 Å². The number of hydrogen-bond donors (Lipinski definition) is 2. The van der Waals surface area contributed by atoms with Gasteiger partial charge < -0.3 is 19.7 Å². The molecule has 0 saturated carbocycles. The maximum atomic E-state index is 13.2. The quantitative estimate of drug-likeness (QED) is 0.379. The number of ether oxygens (including phenoxy) is 1. The van der Waals surface area contributed by atoms with Crippen LogP contribution in [0.1, 0.15) is 11.1 Å². The SMILES string of the molecule is C=Cc1ccc(N2c3cccc(-c4nc5c(Cl)cc(C(F)(F)F)cc5[nH]4)c3OCC2CO)nc1. The van der Waals surface area contributed by atoms with E-state index >= 15 is 0 Å². The van der Waals surface area contributed by atoms with Gasteiger partial charge in [0.2, 0.25) is 0 Å². The zero-order valence-electron chi connectivity index (χ0n) is 17.6. The van der Waals surface area contributed by atoms with Crippen LogP contribution in [0.5, 0.6) is 5.75 Å². The molecule has 0 fully saturated rings. The van der Waals surface area contributed by atoms with Gasteiger partial charge in [0.1, 0.15) is 23.8 Å². The summed E-state index contributed by atoms with van der Waals surface area (Å²) >= 11 is 6.11. The van der Waals surface area contributed by atoms with Crippen molar-refractivity contribution >= 4 is 40.2 Å². The summed E-state index contributed by atoms with van der Waals surface area (Å²) < 4.78 is 45.7. The fourth-order valence-corrected chi connectivity index (χ4v) is 4.24. The van der Waals surface area contributed by atoms with Gasteiger partial charge in [0.15, 0.2) is 5.75 Å². The van der Waals surface area contributed by atoms with Crippen LogP contribution < -0.4 is 9.64 Å². The Balaban J connectivity index is 1.63. The molecule has 0 saturated heterocycles. The second kappa shape index (κ2) is 8.34. The van der Waals surface area contributed by atoms with Gasteiger partial charge in [0.25, 0.3) is 0 Å². The predicted octanol–water partition coefficient (Wildman–Crippen LogP) is 5.83. The lowest BCUT2D eigenvalue weighted by atomic mass is 10.1. The van der Waals surface area contributed by atoms with E-state index in [1.165, 1.54) is 0 Å². The van der Waals surface area contributed by atoms with Crippen molar-refractivity contribution in [1.29, 1.82) is 0 Å². The Morgan fingerprint density at radius 2 is 2.09 bits per heavy atom. The Labute approximate surface area is 197 Å². The highest BCUT2D eigenvalue weighted by Crippen LogP contribution is 2.44. The van der Waals surface area contributed by atoms with Gasteiger partial charge in [-0.15, -0.1) is 0 Å². The molecule has 0 amide bonds. The molecule has 1 unspecified atom stereocenters. The molecule has 34 heavy (non-hydrogen) atoms. The third-order valence-corrected chi connectivity index (χ3v) is 5.91. The van der Waals surface area contributed by atoms with Gasteiger partial charge >= 0.3 is 6.18 Å². The number of rotatable bonds is 4. The summed E-state index contributed by atoms with van der Waals surface area (Å²) in [6.45, 7) is 3.73. The number of para-hydroxylation sites is 1. The van der Waals surface area contributed by atoms with Crippen molar-refractivity contribution in [3.63, 3.8) is 0 Å². The lowest BCUT2D eigenvalue weighted by molar-refractivity contribution is -0.137. The number of halogens is 4. The Morgan fingerprint density at radius 1 is 1.26 bits per heavy atom. The van der Waals surface area contributed by atoms with Crippen LogP contribution in [-0.2, 0) is 6.18 Å². The highest BCUT2D eigenvalue weighted by Gasteiger charge is 2.33. The van der Waals surface area contributed by atoms with Crippen molar-refractivity contribution < 1.29 is 23.0 Å². The number of benzene rings is 2. The minimum atomic E-state index is -4.54. The zero-order valence-corrected chi connectivity index (χ0v) is 18.4. The van der Waals surface area contributed by atoms with Gasteiger partial charge in [-0.05, 0) is 42.0 Å². The molecule has 0 bridgehead atoms. The highest BCUT2D eigenvalue weighted by molar-refractivity contribution is 6.35. The summed E-state index contributed by atoms with van der Waals surface area (Å²) in [5.74, 6) is 1.38. The Hall–Kier alpha value is -3.56. The topological polar surface area (TPSA) is 74.3 Å². The normalized spacial score (nSPS) is 15.8. The van der Waals surface area contributed by atoms with Crippen molar-refractivity contribution in [2.45, 2.75) is 12.2 Å². The van der Waals surface area contributed by atoms with Crippen molar-refractivity contribution in [2.75, 3.05) is 18.1 Å². The summed E-state index contributed by atoms with van der Waals surface area (Å²) in [7, 11) is 0. The minimum absolute atomic E-state index is 0.105. The summed E-state index contributed by atoms with van der Waals surface area (Å²) in [5, 5.41) is 9.86. The number of aromatic amines is 1. The van der Waals surface area contributed by atoms with Crippen LogP contribution in [0.25, 0.3) is 28.5 Å². The van der Waals surface area contributed by atoms with E-state index in [4.69, 9.17) is 16.3 Å². The van der Waals surface area contributed by atoms with Crippen LogP contribution in [0.15, 0.2) is 55.2 Å². The largest absolute Gasteiger partial charge is 0.488 e. The average Bonchev–Trinajstić information content (AvgIpc) is 3.27. The number of aliphatic hydroxyl groups excluding tert-OH is 1. The molecule has 3 heterocycles. The van der Waals surface area contributed by atoms with Crippen molar-refractivity contribution in [3.8, 4) is 17.1 Å². The number of H-pyrrole nitrogens is 1. The molecule has 2 aromatic carbocycles. The number of hydrogen-bond acceptors (Lipinski definition) is 5. The van der Waals surface area contributed by atoms with E-state index in [1.54, 1.807) is 24.4 Å². The van der Waals surface area contributed by atoms with Crippen LogP contribution in [0.2, 0.25) is 5.02 Å². The smallest absolute Gasteiger partial charge is 0.416 e. The van der Waals surface area contributed by atoms with Crippen LogP contribution in [0.4, 0.5) is 24.7 Å². The van der Waals surface area contributed by atoms with Gasteiger partial charge in [-0.1, -0.05) is 30.3 Å². The fraction of sp³-hybridized carbons (Fsp3) is 0.167. The van der Waals surface area contributed by atoms with Gasteiger partial charge in [-0.25, -0.2) is 9.97 Å². The first-order valence-corrected chi connectivity index (χ1v) is 10.7. The Morgan fingerprint density at radius 3 is 2.76 bits per heavy atom. The summed E-state index contributed by atoms with van der Waals surface area (Å²) in [6.07, 6.45) is -1.18. The van der Waals surface area contributed by atoms with Crippen LogP contribution in [0.3, 0.4) is 0 Å². The van der Waals surface area contributed by atoms with E-state index in [1.807, 2.05) is 23.1 Å². The first-order valence-electron chi connectivity index (χ1n) is 10.3. The number of anilines is 2. The number of imidazole rings is 1. The molecule has 1 aliphatic heterocycles. The molecule has 5 rings (SSSR count). The third kappa shape index (κ3) is 3.76. The summed E-state index contributed by atoms with van der Waals surface area (Å²) in [6, 6.07) is 10.5. The highest BCUT2D eigenvalue weighted by atomic mass is 35.5. The molecule has 4 aromatic rings. The zero-order chi connectivity index (χ0) is 24.0. The molecule has 174 valence electrons. The first-order chi connectivity index (χ1) is 16.3. The number of nitrogens with one attached hydrogen (secondary N) is 1. The molecule has 0 aliphatic carbocycles. The van der Waals surface area contributed by atoms with E-state index in [-0.39, 0.29) is 35.3 Å². The fourth-order valence-electron chi connectivity index (χ4n) is 3.98. The van der Waals surface area contributed by atoms with Gasteiger partial charge in [-0.2, -0.15) is 13.2 Å². The molecular formula is C24H18ClF3N4O2. The molecule has 1 atom stereocenters. The maximum Gasteiger partial charge on any atom is 0.416 e. The summed E-state index contributed by atoms with van der Waals surface area (Å²) in [5.41, 5.74) is 1.56. The van der Waals surface area contributed by atoms with E-state index in [0.29, 0.717) is 28.6 Å². The Bertz CT molecular complexity index is 1390. The molecule has 6 nitrogen and oxygen atoms in total. The van der Waals surface area contributed by atoms with Gasteiger partial charge in [0, 0.05) is 6.20 Å². The number of alkyl halides is 3. The van der Waals surface area contributed by atoms with Crippen LogP contribution >= 0.6 is 11.6 Å². The average molecular weight is 487 g/mol. The molecule has 2 aromatic heterocycles. The van der Waals surface area contributed by atoms with Crippen molar-refractivity contribution in [2.24, 2.45) is 0 Å². The van der Waals surface area contributed by atoms with Gasteiger partial charge in [0.05, 0.1) is 40.0 Å². The molecule has 0 spiro atoms. The standard InChI is InChI=1S/C24H18ClF3N4O2/c1-2-13-6-7-20(29-10-13)32-15(11-33)12-34-22-16(4-3-5-19(22)32)23-30-18-9-14(24(26,27)28)8-17(25)21(18)31-23/h2-10,15,33H,1,11-12H2,(H,30,31). The monoisotopic (exact) mass is 486 g/mol. The number of aromatic nitrogens is 3. The van der Waals surface area contributed by atoms with E-state index in [0.717, 1.165) is 17.7 Å². The summed E-state index contributed by atoms with van der Waals surface area (Å²) in [4.78, 5) is 13.7. The molecule has 10 heteroatoms. The predicted molar refractivity (Wildman–Crippen MR) is 124 cm³/mol. The molecular weight excluding hydrogens is 469 g/mol. The van der Waals surface area contributed by atoms with E-state index in [9.17, 15) is 18.3 Å². The number of pyridine rings is 1. The van der Waals surface area contributed by atoms with Crippen LogP contribution in [0, 0.1) is 0 Å². The number of nitrogens with zero attached hydrogens (tertiary/aromatic N) is 3. The lowest BCUT2D eigenvalue weighted by Crippen LogP contribution is -2.43. The Kier molecular flexibility index (Phi) is 5.45. The minimum Gasteiger partial charge on any atom is -0.488 e. The molecule has 2 N–H and O–H groups in total. The third-order valence-electron chi connectivity index (χ3n) is 5.63. The van der Waals surface area contributed by atoms with Crippen LogP contribution in [-0.4, -0.2) is 39.3 Å². The van der Waals surface area contributed by atoms with Gasteiger partial charge in [-0.3, -0.25) is 0 Å². The maximum absolute atomic E-state index is 13.2.